The van der Waals surface area contributed by atoms with E-state index in [9.17, 15) is 4.79 Å². The number of nitrogens with zero attached hydrogens (tertiary/aromatic N) is 5. The molecule has 0 aliphatic carbocycles. The van der Waals surface area contributed by atoms with Crippen LogP contribution in [-0.4, -0.2) is 34.7 Å². The number of carbonyl (C=O) groups is 1. The fourth-order valence-corrected chi connectivity index (χ4v) is 2.76. The van der Waals surface area contributed by atoms with Gasteiger partial charge in [0.25, 0.3) is 11.9 Å². The third kappa shape index (κ3) is 3.42. The second kappa shape index (κ2) is 7.25. The summed E-state index contributed by atoms with van der Waals surface area (Å²) >= 11 is 0. The molecule has 1 aromatic heterocycles. The minimum atomic E-state index is -0.212. The fourth-order valence-electron chi connectivity index (χ4n) is 2.76. The van der Waals surface area contributed by atoms with Crippen molar-refractivity contribution in [3.05, 3.63) is 53.9 Å². The topological polar surface area (TPSA) is 61.7 Å². The van der Waals surface area contributed by atoms with Crippen LogP contribution in [0.1, 0.15) is 26.3 Å². The first-order valence-electron chi connectivity index (χ1n) is 8.37. The monoisotopic (exact) mass is 335 g/mol. The highest BCUT2D eigenvalue weighted by Crippen LogP contribution is 2.23. The molecule has 0 bridgehead atoms. The zero-order chi connectivity index (χ0) is 17.8. The number of hydrazone groups is 1. The molecule has 1 aliphatic rings. The molecule has 1 amide bonds. The molecule has 0 saturated heterocycles. The van der Waals surface area contributed by atoms with Gasteiger partial charge >= 0.3 is 0 Å². The molecule has 128 valence electrons. The number of hydrogen-bond acceptors (Lipinski definition) is 5. The van der Waals surface area contributed by atoms with E-state index in [-0.39, 0.29) is 11.9 Å². The maximum Gasteiger partial charge on any atom is 0.283 e. The third-order valence-corrected chi connectivity index (χ3v) is 4.14. The van der Waals surface area contributed by atoms with Crippen LogP contribution in [-0.2, 0) is 4.79 Å². The quantitative estimate of drug-likeness (QED) is 0.788. The van der Waals surface area contributed by atoms with Gasteiger partial charge < -0.3 is 4.90 Å². The van der Waals surface area contributed by atoms with Gasteiger partial charge in [-0.2, -0.15) is 10.1 Å². The van der Waals surface area contributed by atoms with Gasteiger partial charge in [-0.05, 0) is 50.6 Å². The number of aromatic nitrogens is 2. The third-order valence-electron chi connectivity index (χ3n) is 4.14. The Morgan fingerprint density at radius 3 is 2.32 bits per heavy atom. The van der Waals surface area contributed by atoms with Crippen LogP contribution in [0, 0.1) is 0 Å². The van der Waals surface area contributed by atoms with Gasteiger partial charge in [-0.15, -0.1) is 0 Å². The van der Waals surface area contributed by atoms with Crippen LogP contribution in [0.4, 0.5) is 11.6 Å². The summed E-state index contributed by atoms with van der Waals surface area (Å²) in [5.74, 6) is 0.0728. The summed E-state index contributed by atoms with van der Waals surface area (Å²) < 4.78 is 0. The molecule has 0 unspecified atom stereocenters. The molecule has 0 radical (unpaired) electrons. The second-order valence-corrected chi connectivity index (χ2v) is 5.67. The van der Waals surface area contributed by atoms with Crippen molar-refractivity contribution in [1.29, 1.82) is 0 Å². The lowest BCUT2D eigenvalue weighted by molar-refractivity contribution is -0.114. The van der Waals surface area contributed by atoms with E-state index in [1.807, 2.05) is 25.1 Å². The highest BCUT2D eigenvalue weighted by molar-refractivity contribution is 6.31. The molecule has 25 heavy (non-hydrogen) atoms. The van der Waals surface area contributed by atoms with Crippen LogP contribution in [0.25, 0.3) is 6.08 Å². The molecule has 0 saturated carbocycles. The van der Waals surface area contributed by atoms with Crippen LogP contribution in [0.15, 0.2) is 53.4 Å². The molecule has 0 atom stereocenters. The van der Waals surface area contributed by atoms with Gasteiger partial charge in [0.15, 0.2) is 0 Å². The fraction of sp³-hybridized carbons (Fsp3) is 0.263. The van der Waals surface area contributed by atoms with E-state index >= 15 is 0 Å². The minimum Gasteiger partial charge on any atom is -0.372 e. The summed E-state index contributed by atoms with van der Waals surface area (Å²) in [7, 11) is 0. The van der Waals surface area contributed by atoms with Crippen molar-refractivity contribution in [2.24, 2.45) is 5.10 Å². The Morgan fingerprint density at radius 2 is 1.72 bits per heavy atom. The summed E-state index contributed by atoms with van der Waals surface area (Å²) in [6, 6.07) is 9.88. The summed E-state index contributed by atoms with van der Waals surface area (Å²) in [5, 5.41) is 5.53. The SMILES string of the molecule is CCN(CC)c1ccc(C=C2C(=O)N(c3ncccn3)N=C2C)cc1. The predicted octanol–water partition coefficient (Wildman–Crippen LogP) is 3.13. The van der Waals surface area contributed by atoms with Crippen LogP contribution in [0.5, 0.6) is 0 Å². The number of anilines is 2. The number of hydrogen-bond donors (Lipinski definition) is 0. The summed E-state index contributed by atoms with van der Waals surface area (Å²) in [4.78, 5) is 23.1. The maximum absolute atomic E-state index is 12.6. The molecular formula is C19H21N5O. The largest absolute Gasteiger partial charge is 0.372 e. The Morgan fingerprint density at radius 1 is 1.08 bits per heavy atom. The number of benzene rings is 1. The Hall–Kier alpha value is -3.02. The van der Waals surface area contributed by atoms with E-state index in [1.54, 1.807) is 18.5 Å². The molecule has 6 nitrogen and oxygen atoms in total. The van der Waals surface area contributed by atoms with Gasteiger partial charge in [0.05, 0.1) is 11.3 Å². The van der Waals surface area contributed by atoms with Gasteiger partial charge in [0.1, 0.15) is 0 Å². The van der Waals surface area contributed by atoms with Crippen molar-refractivity contribution in [2.75, 3.05) is 23.0 Å². The van der Waals surface area contributed by atoms with Crippen LogP contribution < -0.4 is 9.91 Å². The number of rotatable bonds is 5. The zero-order valence-corrected chi connectivity index (χ0v) is 14.7. The Bertz CT molecular complexity index is 807. The first-order chi connectivity index (χ1) is 12.1. The normalized spacial score (nSPS) is 15.6. The van der Waals surface area contributed by atoms with Gasteiger partial charge in [-0.3, -0.25) is 4.79 Å². The van der Waals surface area contributed by atoms with Gasteiger partial charge in [-0.1, -0.05) is 12.1 Å². The van der Waals surface area contributed by atoms with E-state index in [4.69, 9.17) is 0 Å². The van der Waals surface area contributed by atoms with Crippen molar-refractivity contribution >= 4 is 29.3 Å². The minimum absolute atomic E-state index is 0.212. The Kier molecular flexibility index (Phi) is 4.88. The van der Waals surface area contributed by atoms with Crippen LogP contribution in [0.2, 0.25) is 0 Å². The highest BCUT2D eigenvalue weighted by atomic mass is 16.2. The molecule has 1 aromatic carbocycles. The molecule has 2 heterocycles. The molecule has 1 aliphatic heterocycles. The average molecular weight is 335 g/mol. The molecule has 6 heteroatoms. The molecule has 0 fully saturated rings. The number of amides is 1. The second-order valence-electron chi connectivity index (χ2n) is 5.67. The van der Waals surface area contributed by atoms with Crippen molar-refractivity contribution < 1.29 is 4.79 Å². The van der Waals surface area contributed by atoms with E-state index in [2.05, 4.69) is 45.9 Å². The Labute approximate surface area is 147 Å². The smallest absolute Gasteiger partial charge is 0.283 e. The lowest BCUT2D eigenvalue weighted by Gasteiger charge is -2.20. The average Bonchev–Trinajstić information content (AvgIpc) is 2.93. The number of carbonyl (C=O) groups excluding carboxylic acids is 1. The first kappa shape index (κ1) is 16.8. The summed E-state index contributed by atoms with van der Waals surface area (Å²) in [6.45, 7) is 8.02. The van der Waals surface area contributed by atoms with Gasteiger partial charge in [0.2, 0.25) is 0 Å². The lowest BCUT2D eigenvalue weighted by atomic mass is 10.1. The van der Waals surface area contributed by atoms with Crippen molar-refractivity contribution in [3.63, 3.8) is 0 Å². The predicted molar refractivity (Wildman–Crippen MR) is 101 cm³/mol. The molecular weight excluding hydrogens is 314 g/mol. The van der Waals surface area contributed by atoms with E-state index in [0.29, 0.717) is 11.3 Å². The summed E-state index contributed by atoms with van der Waals surface area (Å²) in [6.07, 6.45) is 5.04. The van der Waals surface area contributed by atoms with Gasteiger partial charge in [0, 0.05) is 31.2 Å². The van der Waals surface area contributed by atoms with Crippen molar-refractivity contribution in [3.8, 4) is 0 Å². The maximum atomic E-state index is 12.6. The van der Waals surface area contributed by atoms with Crippen molar-refractivity contribution in [1.82, 2.24) is 9.97 Å². The van der Waals surface area contributed by atoms with E-state index in [1.165, 1.54) is 10.7 Å². The first-order valence-corrected chi connectivity index (χ1v) is 8.37. The molecule has 3 rings (SSSR count). The molecule has 2 aromatic rings. The van der Waals surface area contributed by atoms with E-state index < -0.39 is 0 Å². The summed E-state index contributed by atoms with van der Waals surface area (Å²) in [5.41, 5.74) is 3.35. The van der Waals surface area contributed by atoms with Crippen LogP contribution >= 0.6 is 0 Å². The highest BCUT2D eigenvalue weighted by Gasteiger charge is 2.30. The standard InChI is InChI=1S/C19H21N5O/c1-4-23(5-2)16-9-7-15(8-10-16)13-17-14(3)22-24(18(17)25)19-20-11-6-12-21-19/h6-13H,4-5H2,1-3H3. The van der Waals surface area contributed by atoms with Crippen LogP contribution in [0.3, 0.4) is 0 Å². The molecule has 0 N–H and O–H groups in total. The Balaban J connectivity index is 1.84. The van der Waals surface area contributed by atoms with Gasteiger partial charge in [-0.25, -0.2) is 9.97 Å². The lowest BCUT2D eigenvalue weighted by Crippen LogP contribution is -2.23. The zero-order valence-electron chi connectivity index (χ0n) is 14.7. The van der Waals surface area contributed by atoms with E-state index in [0.717, 1.165) is 18.7 Å². The van der Waals surface area contributed by atoms with Crippen molar-refractivity contribution in [2.45, 2.75) is 20.8 Å². The molecule has 0 spiro atoms.